The predicted molar refractivity (Wildman–Crippen MR) is 80.5 cm³/mol. The number of nitrogens with zero attached hydrogens (tertiary/aromatic N) is 1. The summed E-state index contributed by atoms with van der Waals surface area (Å²) in [6.07, 6.45) is 5.25. The zero-order valence-corrected chi connectivity index (χ0v) is 12.7. The summed E-state index contributed by atoms with van der Waals surface area (Å²) in [7, 11) is 0. The predicted octanol–water partition coefficient (Wildman–Crippen LogP) is 3.76. The lowest BCUT2D eigenvalue weighted by Gasteiger charge is -2.30. The highest BCUT2D eigenvalue weighted by Gasteiger charge is 2.16. The molecule has 0 amide bonds. The van der Waals surface area contributed by atoms with Crippen molar-refractivity contribution in [1.29, 1.82) is 0 Å². The number of hydrogen-bond donors (Lipinski definition) is 1. The first-order chi connectivity index (χ1) is 8.78. The summed E-state index contributed by atoms with van der Waals surface area (Å²) in [6.45, 7) is 6.83. The van der Waals surface area contributed by atoms with E-state index in [0.29, 0.717) is 6.04 Å². The van der Waals surface area contributed by atoms with Gasteiger partial charge in [-0.3, -0.25) is 4.90 Å². The van der Waals surface area contributed by atoms with E-state index in [0.717, 1.165) is 10.9 Å². The number of hydrogen-bond acceptors (Lipinski definition) is 3. The second-order valence-corrected chi connectivity index (χ2v) is 6.89. The molecule has 2 nitrogen and oxygen atoms in total. The Labute approximate surface area is 119 Å². The smallest absolute Gasteiger partial charge is 0.0931 e. The topological polar surface area (TPSA) is 15.3 Å². The summed E-state index contributed by atoms with van der Waals surface area (Å²) in [5.41, 5.74) is 0. The number of nitrogens with one attached hydrogen (secondary N) is 1. The standard InChI is InChI=1S/C14H23ClN2S/c1-2-9-17(10-12-5-3-4-8-16-12)11-13-6-7-14(15)18-13/h6-7,12,16H,2-5,8-11H2,1H3. The van der Waals surface area contributed by atoms with E-state index in [-0.39, 0.29) is 0 Å². The second-order valence-electron chi connectivity index (χ2n) is 5.09. The van der Waals surface area contributed by atoms with E-state index in [1.54, 1.807) is 11.3 Å². The summed E-state index contributed by atoms with van der Waals surface area (Å²) >= 11 is 7.71. The van der Waals surface area contributed by atoms with Gasteiger partial charge in [-0.05, 0) is 44.5 Å². The lowest BCUT2D eigenvalue weighted by molar-refractivity contribution is 0.219. The van der Waals surface area contributed by atoms with Crippen LogP contribution in [-0.4, -0.2) is 30.6 Å². The highest BCUT2D eigenvalue weighted by atomic mass is 35.5. The maximum Gasteiger partial charge on any atom is 0.0931 e. The summed E-state index contributed by atoms with van der Waals surface area (Å²) in [5, 5.41) is 3.63. The van der Waals surface area contributed by atoms with Crippen molar-refractivity contribution >= 4 is 22.9 Å². The van der Waals surface area contributed by atoms with Gasteiger partial charge in [0.05, 0.1) is 4.34 Å². The van der Waals surface area contributed by atoms with Gasteiger partial charge in [-0.15, -0.1) is 11.3 Å². The van der Waals surface area contributed by atoms with Crippen molar-refractivity contribution in [3.8, 4) is 0 Å². The molecule has 1 atom stereocenters. The van der Waals surface area contributed by atoms with E-state index in [1.165, 1.54) is 50.2 Å². The first-order valence-corrected chi connectivity index (χ1v) is 8.17. The molecule has 1 aliphatic heterocycles. The molecule has 0 aliphatic carbocycles. The zero-order valence-electron chi connectivity index (χ0n) is 11.1. The maximum atomic E-state index is 6.00. The first-order valence-electron chi connectivity index (χ1n) is 6.98. The van der Waals surface area contributed by atoms with Crippen LogP contribution in [0, 0.1) is 0 Å². The largest absolute Gasteiger partial charge is 0.313 e. The van der Waals surface area contributed by atoms with Gasteiger partial charge in [-0.25, -0.2) is 0 Å². The number of rotatable bonds is 6. The molecule has 1 fully saturated rings. The molecule has 1 unspecified atom stereocenters. The fourth-order valence-corrected chi connectivity index (χ4v) is 3.73. The summed E-state index contributed by atoms with van der Waals surface area (Å²) < 4.78 is 0.900. The molecule has 0 radical (unpaired) electrons. The molecular weight excluding hydrogens is 264 g/mol. The first kappa shape index (κ1) is 14.3. The van der Waals surface area contributed by atoms with Crippen LogP contribution in [0.3, 0.4) is 0 Å². The van der Waals surface area contributed by atoms with Gasteiger partial charge in [0.15, 0.2) is 0 Å². The average molecular weight is 287 g/mol. The van der Waals surface area contributed by atoms with Crippen molar-refractivity contribution in [2.45, 2.75) is 45.2 Å². The molecular formula is C14H23ClN2S. The van der Waals surface area contributed by atoms with E-state index in [9.17, 15) is 0 Å². The minimum absolute atomic E-state index is 0.681. The van der Waals surface area contributed by atoms with Gasteiger partial charge in [-0.1, -0.05) is 24.9 Å². The molecule has 0 bridgehead atoms. The van der Waals surface area contributed by atoms with Crippen molar-refractivity contribution in [3.63, 3.8) is 0 Å². The van der Waals surface area contributed by atoms with Gasteiger partial charge < -0.3 is 5.32 Å². The summed E-state index contributed by atoms with van der Waals surface area (Å²) in [5.74, 6) is 0. The maximum absolute atomic E-state index is 6.00. The fraction of sp³-hybridized carbons (Fsp3) is 0.714. The zero-order chi connectivity index (χ0) is 12.8. The van der Waals surface area contributed by atoms with Crippen LogP contribution in [-0.2, 0) is 6.54 Å². The van der Waals surface area contributed by atoms with Gasteiger partial charge in [-0.2, -0.15) is 0 Å². The molecule has 102 valence electrons. The van der Waals surface area contributed by atoms with Gasteiger partial charge in [0.1, 0.15) is 0 Å². The highest BCUT2D eigenvalue weighted by Crippen LogP contribution is 2.23. The number of halogens is 1. The van der Waals surface area contributed by atoms with Crippen LogP contribution in [0.5, 0.6) is 0 Å². The van der Waals surface area contributed by atoms with Gasteiger partial charge in [0, 0.05) is 24.0 Å². The van der Waals surface area contributed by atoms with Crippen LogP contribution in [0.2, 0.25) is 4.34 Å². The fourth-order valence-electron chi connectivity index (χ4n) is 2.60. The third-order valence-electron chi connectivity index (χ3n) is 3.44. The van der Waals surface area contributed by atoms with E-state index in [1.807, 2.05) is 6.07 Å². The minimum Gasteiger partial charge on any atom is -0.313 e. The molecule has 1 aromatic rings. The van der Waals surface area contributed by atoms with E-state index in [2.05, 4.69) is 23.2 Å². The van der Waals surface area contributed by atoms with E-state index >= 15 is 0 Å². The second kappa shape index (κ2) is 7.49. The minimum atomic E-state index is 0.681. The third-order valence-corrected chi connectivity index (χ3v) is 4.65. The van der Waals surface area contributed by atoms with Crippen LogP contribution in [0.1, 0.15) is 37.5 Å². The average Bonchev–Trinajstić information content (AvgIpc) is 2.76. The van der Waals surface area contributed by atoms with Crippen molar-refractivity contribution in [2.75, 3.05) is 19.6 Å². The molecule has 4 heteroatoms. The Kier molecular flexibility index (Phi) is 5.96. The van der Waals surface area contributed by atoms with Crippen LogP contribution < -0.4 is 5.32 Å². The summed E-state index contributed by atoms with van der Waals surface area (Å²) in [6, 6.07) is 4.84. The monoisotopic (exact) mass is 286 g/mol. The normalized spacial score (nSPS) is 20.5. The molecule has 18 heavy (non-hydrogen) atoms. The number of thiophene rings is 1. The Balaban J connectivity index is 1.86. The van der Waals surface area contributed by atoms with Gasteiger partial charge >= 0.3 is 0 Å². The Hall–Kier alpha value is -0.0900. The molecule has 1 N–H and O–H groups in total. The van der Waals surface area contributed by atoms with E-state index < -0.39 is 0 Å². The third kappa shape index (κ3) is 4.54. The highest BCUT2D eigenvalue weighted by molar-refractivity contribution is 7.16. The Morgan fingerprint density at radius 1 is 1.44 bits per heavy atom. The molecule has 2 heterocycles. The molecule has 1 aromatic heterocycles. The van der Waals surface area contributed by atoms with Crippen LogP contribution in [0.4, 0.5) is 0 Å². The Morgan fingerprint density at radius 3 is 2.94 bits per heavy atom. The molecule has 0 saturated carbocycles. The van der Waals surface area contributed by atoms with E-state index in [4.69, 9.17) is 11.6 Å². The van der Waals surface area contributed by atoms with Crippen molar-refractivity contribution in [3.05, 3.63) is 21.3 Å². The molecule has 0 spiro atoms. The quantitative estimate of drug-likeness (QED) is 0.857. The Bertz CT molecular complexity index is 347. The lowest BCUT2D eigenvalue weighted by Crippen LogP contribution is -2.43. The molecule has 1 aliphatic rings. The Morgan fingerprint density at radius 2 is 2.33 bits per heavy atom. The molecule has 2 rings (SSSR count). The van der Waals surface area contributed by atoms with Crippen molar-refractivity contribution in [2.24, 2.45) is 0 Å². The number of piperidine rings is 1. The van der Waals surface area contributed by atoms with Crippen LogP contribution >= 0.6 is 22.9 Å². The van der Waals surface area contributed by atoms with Crippen molar-refractivity contribution in [1.82, 2.24) is 10.2 Å². The molecule has 0 aromatic carbocycles. The van der Waals surface area contributed by atoms with Crippen molar-refractivity contribution < 1.29 is 0 Å². The van der Waals surface area contributed by atoms with Gasteiger partial charge in [0.2, 0.25) is 0 Å². The summed E-state index contributed by atoms with van der Waals surface area (Å²) in [4.78, 5) is 3.94. The molecule has 1 saturated heterocycles. The van der Waals surface area contributed by atoms with Crippen LogP contribution in [0.25, 0.3) is 0 Å². The van der Waals surface area contributed by atoms with Crippen LogP contribution in [0.15, 0.2) is 12.1 Å². The van der Waals surface area contributed by atoms with Gasteiger partial charge in [0.25, 0.3) is 0 Å². The SMILES string of the molecule is CCCN(Cc1ccc(Cl)s1)CC1CCCCN1. The lowest BCUT2D eigenvalue weighted by atomic mass is 10.0.